The van der Waals surface area contributed by atoms with Gasteiger partial charge in [-0.15, -0.1) is 0 Å². The summed E-state index contributed by atoms with van der Waals surface area (Å²) in [5.74, 6) is 11.4. The van der Waals surface area contributed by atoms with Crippen molar-refractivity contribution in [2.75, 3.05) is 12.1 Å². The summed E-state index contributed by atoms with van der Waals surface area (Å²) in [5, 5.41) is 2.47. The lowest BCUT2D eigenvalue weighted by Gasteiger charge is -2.23. The first-order valence-electron chi connectivity index (χ1n) is 8.36. The van der Waals surface area contributed by atoms with Crippen molar-refractivity contribution >= 4 is 23.3 Å². The molecular formula is C19H20ClN5O3. The zero-order chi connectivity index (χ0) is 20.3. The minimum Gasteiger partial charge on any atom is -0.445 e. The first-order chi connectivity index (χ1) is 13.4. The summed E-state index contributed by atoms with van der Waals surface area (Å²) in [7, 11) is 1.41. The van der Waals surface area contributed by atoms with Crippen LogP contribution in [0.5, 0.6) is 6.08 Å². The number of aromatic nitrogens is 1. The van der Waals surface area contributed by atoms with E-state index in [1.54, 1.807) is 24.3 Å². The van der Waals surface area contributed by atoms with E-state index < -0.39 is 6.03 Å². The maximum Gasteiger partial charge on any atom is 0.394 e. The van der Waals surface area contributed by atoms with Crippen molar-refractivity contribution in [3.8, 4) is 17.3 Å². The molecule has 2 amide bonds. The van der Waals surface area contributed by atoms with Crippen LogP contribution in [0.1, 0.15) is 11.1 Å². The topological polar surface area (TPSA) is 111 Å². The van der Waals surface area contributed by atoms with Gasteiger partial charge in [-0.1, -0.05) is 35.9 Å². The smallest absolute Gasteiger partial charge is 0.394 e. The molecule has 0 radical (unpaired) electrons. The first kappa shape index (κ1) is 19.7. The van der Waals surface area contributed by atoms with Gasteiger partial charge in [0.05, 0.1) is 5.69 Å². The van der Waals surface area contributed by atoms with E-state index in [2.05, 4.69) is 4.98 Å². The van der Waals surface area contributed by atoms with E-state index in [-0.39, 0.29) is 12.7 Å². The summed E-state index contributed by atoms with van der Waals surface area (Å²) in [6, 6.07) is 12.1. The second-order valence-corrected chi connectivity index (χ2v) is 6.57. The van der Waals surface area contributed by atoms with Crippen LogP contribution in [0, 0.1) is 6.92 Å². The fourth-order valence-corrected chi connectivity index (χ4v) is 2.80. The number of benzene rings is 2. The van der Waals surface area contributed by atoms with Crippen molar-refractivity contribution in [1.82, 2.24) is 9.99 Å². The van der Waals surface area contributed by atoms with Gasteiger partial charge >= 0.3 is 12.1 Å². The average Bonchev–Trinajstić information content (AvgIpc) is 3.14. The fourth-order valence-electron chi connectivity index (χ4n) is 2.61. The van der Waals surface area contributed by atoms with Gasteiger partial charge in [0.15, 0.2) is 0 Å². The van der Waals surface area contributed by atoms with Crippen LogP contribution in [0.15, 0.2) is 53.1 Å². The van der Waals surface area contributed by atoms with Gasteiger partial charge in [-0.25, -0.2) is 21.5 Å². The van der Waals surface area contributed by atoms with Crippen molar-refractivity contribution in [1.29, 1.82) is 0 Å². The molecule has 3 rings (SSSR count). The lowest BCUT2D eigenvalue weighted by Crippen LogP contribution is -2.49. The van der Waals surface area contributed by atoms with E-state index in [0.29, 0.717) is 22.0 Å². The van der Waals surface area contributed by atoms with Crippen molar-refractivity contribution < 1.29 is 13.9 Å². The van der Waals surface area contributed by atoms with Gasteiger partial charge in [0.2, 0.25) is 0 Å². The number of nitrogens with zero attached hydrogens (tertiary/aromatic N) is 3. The van der Waals surface area contributed by atoms with Crippen molar-refractivity contribution in [2.45, 2.75) is 13.5 Å². The van der Waals surface area contributed by atoms with E-state index in [0.717, 1.165) is 21.1 Å². The number of hydrazine groups is 2. The van der Waals surface area contributed by atoms with Gasteiger partial charge in [-0.05, 0) is 30.7 Å². The predicted molar refractivity (Wildman–Crippen MR) is 106 cm³/mol. The summed E-state index contributed by atoms with van der Waals surface area (Å²) in [6.07, 6.45) is 1.58. The molecule has 0 saturated carbocycles. The standard InChI is InChI=1S/C19H20ClN5O3/c1-12-5-3-8-17(25(22)19(26)24(2)21)15(12)10-27-18-23-16(11-28-18)13-6-4-7-14(20)9-13/h3-9,11H,10,21-22H2,1-2H3. The molecule has 0 fully saturated rings. The Morgan fingerprint density at radius 1 is 1.25 bits per heavy atom. The molecule has 28 heavy (non-hydrogen) atoms. The third-order valence-electron chi connectivity index (χ3n) is 4.10. The Kier molecular flexibility index (Phi) is 5.84. The monoisotopic (exact) mass is 401 g/mol. The van der Waals surface area contributed by atoms with Crippen molar-refractivity contribution in [2.24, 2.45) is 11.7 Å². The Bertz CT molecular complexity index is 989. The molecule has 3 aromatic rings. The molecule has 0 aliphatic carbocycles. The SMILES string of the molecule is Cc1cccc(N(N)C(=O)N(C)N)c1COc1nc(-c2cccc(Cl)c2)co1. The third kappa shape index (κ3) is 4.25. The summed E-state index contributed by atoms with van der Waals surface area (Å²) >= 11 is 6.01. The molecule has 0 saturated heterocycles. The quantitative estimate of drug-likeness (QED) is 0.384. The van der Waals surface area contributed by atoms with Gasteiger partial charge in [-0.2, -0.15) is 4.98 Å². The minimum absolute atomic E-state index is 0.0926. The van der Waals surface area contributed by atoms with E-state index in [1.807, 2.05) is 25.1 Å². The lowest BCUT2D eigenvalue weighted by atomic mass is 10.1. The number of rotatable bonds is 5. The second kappa shape index (κ2) is 8.30. The molecule has 1 aromatic heterocycles. The van der Waals surface area contributed by atoms with E-state index >= 15 is 0 Å². The van der Waals surface area contributed by atoms with Crippen LogP contribution in [0.3, 0.4) is 0 Å². The van der Waals surface area contributed by atoms with Crippen molar-refractivity contribution in [3.05, 3.63) is 64.9 Å². The molecule has 1 heterocycles. The van der Waals surface area contributed by atoms with Gasteiger partial charge in [0, 0.05) is 23.2 Å². The first-order valence-corrected chi connectivity index (χ1v) is 8.74. The van der Waals surface area contributed by atoms with E-state index in [9.17, 15) is 4.79 Å². The number of oxazole rings is 1. The van der Waals surface area contributed by atoms with E-state index in [4.69, 9.17) is 32.4 Å². The Morgan fingerprint density at radius 3 is 2.71 bits per heavy atom. The second-order valence-electron chi connectivity index (χ2n) is 6.13. The Labute approximate surface area is 167 Å². The molecule has 2 aromatic carbocycles. The van der Waals surface area contributed by atoms with Gasteiger partial charge in [0.1, 0.15) is 18.6 Å². The van der Waals surface area contributed by atoms with Crippen LogP contribution in [0.25, 0.3) is 11.3 Å². The molecule has 8 nitrogen and oxygen atoms in total. The molecule has 4 N–H and O–H groups in total. The molecular weight excluding hydrogens is 382 g/mol. The number of nitrogens with two attached hydrogens (primary N) is 2. The lowest BCUT2D eigenvalue weighted by molar-refractivity contribution is 0.214. The van der Waals surface area contributed by atoms with Crippen LogP contribution >= 0.6 is 11.6 Å². The third-order valence-corrected chi connectivity index (χ3v) is 4.33. The molecule has 0 unspecified atom stereocenters. The molecule has 146 valence electrons. The van der Waals surface area contributed by atoms with Gasteiger partial charge < -0.3 is 9.15 Å². The number of carbonyl (C=O) groups excluding carboxylic acids is 1. The van der Waals surface area contributed by atoms with Crippen LogP contribution in [-0.2, 0) is 6.61 Å². The van der Waals surface area contributed by atoms with Crippen molar-refractivity contribution in [3.63, 3.8) is 0 Å². The van der Waals surface area contributed by atoms with Crippen LogP contribution in [0.4, 0.5) is 10.5 Å². The zero-order valence-electron chi connectivity index (χ0n) is 15.4. The van der Waals surface area contributed by atoms with Gasteiger partial charge in [0.25, 0.3) is 0 Å². The summed E-state index contributed by atoms with van der Waals surface area (Å²) < 4.78 is 11.1. The number of urea groups is 1. The molecule has 0 aliphatic rings. The number of anilines is 1. The number of aryl methyl sites for hydroxylation is 1. The summed E-state index contributed by atoms with van der Waals surface area (Å²) in [6.45, 7) is 1.99. The van der Waals surface area contributed by atoms with Crippen LogP contribution in [0.2, 0.25) is 5.02 Å². The highest BCUT2D eigenvalue weighted by atomic mass is 35.5. The Morgan fingerprint density at radius 2 is 2.00 bits per heavy atom. The highest BCUT2D eigenvalue weighted by Gasteiger charge is 2.19. The normalized spacial score (nSPS) is 10.6. The minimum atomic E-state index is -0.564. The Balaban J connectivity index is 1.79. The maximum absolute atomic E-state index is 12.1. The maximum atomic E-state index is 12.1. The predicted octanol–water partition coefficient (Wildman–Crippen LogP) is 3.49. The highest BCUT2D eigenvalue weighted by molar-refractivity contribution is 6.30. The summed E-state index contributed by atoms with van der Waals surface area (Å²) in [5.41, 5.74) is 3.49. The number of halogens is 1. The number of carbonyl (C=O) groups is 1. The molecule has 0 aliphatic heterocycles. The molecule has 0 atom stereocenters. The van der Waals surface area contributed by atoms with Crippen LogP contribution < -0.4 is 21.4 Å². The Hall–Kier alpha value is -3.07. The van der Waals surface area contributed by atoms with Gasteiger partial charge in [-0.3, -0.25) is 5.01 Å². The van der Waals surface area contributed by atoms with Crippen LogP contribution in [-0.4, -0.2) is 23.1 Å². The highest BCUT2D eigenvalue weighted by Crippen LogP contribution is 2.27. The molecule has 0 bridgehead atoms. The average molecular weight is 402 g/mol. The molecule has 9 heteroatoms. The number of amides is 2. The largest absolute Gasteiger partial charge is 0.445 e. The zero-order valence-corrected chi connectivity index (χ0v) is 16.2. The number of hydrogen-bond acceptors (Lipinski definition) is 6. The fraction of sp³-hybridized carbons (Fsp3) is 0.158. The number of hydrogen-bond donors (Lipinski definition) is 2. The van der Waals surface area contributed by atoms with E-state index in [1.165, 1.54) is 13.3 Å². The summed E-state index contributed by atoms with van der Waals surface area (Å²) in [4.78, 5) is 16.4. The number of ether oxygens (including phenoxy) is 1. The molecule has 0 spiro atoms.